The van der Waals surface area contributed by atoms with Crippen LogP contribution in [0.15, 0.2) is 36.5 Å². The van der Waals surface area contributed by atoms with Gasteiger partial charge in [-0.3, -0.25) is 14.6 Å². The third-order valence-electron chi connectivity index (χ3n) is 5.81. The van der Waals surface area contributed by atoms with Crippen LogP contribution in [0.5, 0.6) is 0 Å². The Hall–Kier alpha value is -4.49. The van der Waals surface area contributed by atoms with E-state index in [4.69, 9.17) is 42.0 Å². The van der Waals surface area contributed by atoms with Crippen molar-refractivity contribution in [1.82, 2.24) is 24.8 Å². The van der Waals surface area contributed by atoms with E-state index in [0.29, 0.717) is 52.1 Å². The Morgan fingerprint density at radius 3 is 2.00 bits per heavy atom. The van der Waals surface area contributed by atoms with Crippen molar-refractivity contribution in [2.45, 2.75) is 39.3 Å². The number of hydrogen-bond donors (Lipinski definition) is 1. The SMILES string of the molecule is C#CCN(CC#C)CC#C.C#CCN(CC#C)Cc1cn(C(CC(C)(C)C(=O)OCCCO)c2ccccc2)nn1. The zero-order valence-electron chi connectivity index (χ0n) is 24.0. The molecule has 2 rings (SSSR count). The fraction of sp³-hybridized carbons (Fsp3) is 0.424. The van der Waals surface area contributed by atoms with Crippen LogP contribution in [-0.2, 0) is 16.1 Å². The number of rotatable bonds is 15. The molecule has 0 saturated heterocycles. The zero-order chi connectivity index (χ0) is 30.5. The van der Waals surface area contributed by atoms with E-state index in [0.717, 1.165) is 11.3 Å². The highest BCUT2D eigenvalue weighted by Crippen LogP contribution is 2.33. The Morgan fingerprint density at radius 1 is 0.951 bits per heavy atom. The fourth-order valence-corrected chi connectivity index (χ4v) is 3.78. The van der Waals surface area contributed by atoms with Gasteiger partial charge in [0.2, 0.25) is 0 Å². The van der Waals surface area contributed by atoms with Crippen LogP contribution in [0.3, 0.4) is 0 Å². The summed E-state index contributed by atoms with van der Waals surface area (Å²) < 4.78 is 7.12. The highest BCUT2D eigenvalue weighted by Gasteiger charge is 2.34. The van der Waals surface area contributed by atoms with Crippen molar-refractivity contribution in [3.8, 4) is 61.7 Å². The lowest BCUT2D eigenvalue weighted by Gasteiger charge is -2.28. The summed E-state index contributed by atoms with van der Waals surface area (Å²) in [6.45, 7) is 6.78. The number of carbonyl (C=O) groups excluding carboxylic acids is 1. The van der Waals surface area contributed by atoms with Crippen LogP contribution in [0, 0.1) is 67.1 Å². The molecule has 0 aliphatic carbocycles. The molecular formula is C33H39N5O3. The highest BCUT2D eigenvalue weighted by molar-refractivity contribution is 5.76. The lowest BCUT2D eigenvalue weighted by molar-refractivity contribution is -0.155. The number of benzene rings is 1. The predicted molar refractivity (Wildman–Crippen MR) is 162 cm³/mol. The minimum absolute atomic E-state index is 0.0154. The largest absolute Gasteiger partial charge is 0.465 e. The second kappa shape index (κ2) is 19.6. The average molecular weight is 554 g/mol. The molecule has 0 spiro atoms. The summed E-state index contributed by atoms with van der Waals surface area (Å²) in [5, 5.41) is 17.6. The van der Waals surface area contributed by atoms with Gasteiger partial charge in [-0.15, -0.1) is 37.2 Å². The molecule has 0 amide bonds. The van der Waals surface area contributed by atoms with Crippen LogP contribution < -0.4 is 0 Å². The molecule has 214 valence electrons. The van der Waals surface area contributed by atoms with Crippen LogP contribution in [0.25, 0.3) is 0 Å². The van der Waals surface area contributed by atoms with Crippen molar-refractivity contribution in [2.24, 2.45) is 5.41 Å². The van der Waals surface area contributed by atoms with Crippen molar-refractivity contribution in [3.05, 3.63) is 47.8 Å². The van der Waals surface area contributed by atoms with Gasteiger partial charge >= 0.3 is 5.97 Å². The number of terminal acetylenes is 5. The van der Waals surface area contributed by atoms with Gasteiger partial charge in [0.25, 0.3) is 0 Å². The van der Waals surface area contributed by atoms with E-state index in [9.17, 15) is 4.79 Å². The minimum Gasteiger partial charge on any atom is -0.465 e. The quantitative estimate of drug-likeness (QED) is 0.206. The standard InChI is InChI=1S/C24H30N4O3.C9H9N/c1-5-13-27(14-6-2)18-21-19-28(26-25-21)22(20-11-8-7-9-12-20)17-24(3,4)23(30)31-16-10-15-29;1-4-7-10(8-5-2)9-6-3/h1-2,7-9,11-12,19,22,29H,10,13-18H2,3-4H3;1-3H,7-9H2. The molecule has 8 heteroatoms. The molecular weight excluding hydrogens is 514 g/mol. The van der Waals surface area contributed by atoms with Crippen molar-refractivity contribution in [1.29, 1.82) is 0 Å². The second-order valence-corrected chi connectivity index (χ2v) is 9.73. The number of aliphatic hydroxyl groups is 1. The maximum Gasteiger partial charge on any atom is 0.311 e. The molecule has 8 nitrogen and oxygen atoms in total. The van der Waals surface area contributed by atoms with Gasteiger partial charge in [-0.1, -0.05) is 65.1 Å². The van der Waals surface area contributed by atoms with Crippen molar-refractivity contribution in [2.75, 3.05) is 45.9 Å². The molecule has 2 aromatic rings. The van der Waals surface area contributed by atoms with Crippen molar-refractivity contribution < 1.29 is 14.6 Å². The molecule has 0 aliphatic heterocycles. The molecule has 1 atom stereocenters. The Kier molecular flexibility index (Phi) is 16.5. The third kappa shape index (κ3) is 12.9. The third-order valence-corrected chi connectivity index (χ3v) is 5.81. The summed E-state index contributed by atoms with van der Waals surface area (Å²) >= 11 is 0. The van der Waals surface area contributed by atoms with Crippen LogP contribution in [-0.4, -0.2) is 81.8 Å². The molecule has 0 radical (unpaired) electrons. The molecule has 0 aliphatic rings. The maximum absolute atomic E-state index is 12.6. The second-order valence-electron chi connectivity index (χ2n) is 9.73. The molecule has 1 aromatic carbocycles. The molecule has 1 aromatic heterocycles. The smallest absolute Gasteiger partial charge is 0.311 e. The highest BCUT2D eigenvalue weighted by atomic mass is 16.5. The summed E-state index contributed by atoms with van der Waals surface area (Å²) in [5.74, 6) is 12.3. The lowest BCUT2D eigenvalue weighted by Crippen LogP contribution is -2.31. The minimum atomic E-state index is -0.763. The number of carbonyl (C=O) groups is 1. The van der Waals surface area contributed by atoms with Crippen LogP contribution in [0.2, 0.25) is 0 Å². The van der Waals surface area contributed by atoms with E-state index in [-0.39, 0.29) is 25.2 Å². The molecule has 41 heavy (non-hydrogen) atoms. The normalized spacial score (nSPS) is 11.1. The number of aliphatic hydroxyl groups excluding tert-OH is 1. The van der Waals surface area contributed by atoms with Crippen molar-refractivity contribution >= 4 is 5.97 Å². The number of aromatic nitrogens is 3. The molecule has 0 fully saturated rings. The van der Waals surface area contributed by atoms with Crippen LogP contribution in [0.4, 0.5) is 0 Å². The Bertz CT molecular complexity index is 1210. The van der Waals surface area contributed by atoms with Gasteiger partial charge < -0.3 is 9.84 Å². The maximum atomic E-state index is 12.6. The number of ether oxygens (including phenoxy) is 1. The number of hydrogen-bond acceptors (Lipinski definition) is 7. The topological polar surface area (TPSA) is 83.7 Å². The number of nitrogens with zero attached hydrogens (tertiary/aromatic N) is 5. The summed E-state index contributed by atoms with van der Waals surface area (Å²) in [5.41, 5.74) is 0.996. The fourth-order valence-electron chi connectivity index (χ4n) is 3.78. The molecule has 1 N–H and O–H groups in total. The van der Waals surface area contributed by atoms with E-state index >= 15 is 0 Å². The summed E-state index contributed by atoms with van der Waals surface area (Å²) in [4.78, 5) is 16.4. The molecule has 1 heterocycles. The molecule has 1 unspecified atom stereocenters. The van der Waals surface area contributed by atoms with E-state index in [2.05, 4.69) is 39.9 Å². The van der Waals surface area contributed by atoms with Gasteiger partial charge in [0.05, 0.1) is 62.7 Å². The van der Waals surface area contributed by atoms with E-state index in [1.165, 1.54) is 0 Å². The van der Waals surface area contributed by atoms with Gasteiger partial charge in [0.1, 0.15) is 0 Å². The number of esters is 1. The lowest BCUT2D eigenvalue weighted by atomic mass is 9.83. The summed E-state index contributed by atoms with van der Waals surface area (Å²) in [7, 11) is 0. The Labute approximate surface area is 245 Å². The van der Waals surface area contributed by atoms with Crippen molar-refractivity contribution in [3.63, 3.8) is 0 Å². The average Bonchev–Trinajstić information content (AvgIpc) is 3.41. The van der Waals surface area contributed by atoms with E-state index in [1.807, 2.05) is 60.2 Å². The monoisotopic (exact) mass is 553 g/mol. The van der Waals surface area contributed by atoms with E-state index in [1.54, 1.807) is 4.68 Å². The first-order valence-corrected chi connectivity index (χ1v) is 13.1. The van der Waals surface area contributed by atoms with E-state index < -0.39 is 5.41 Å². The van der Waals surface area contributed by atoms with Crippen LogP contribution in [0.1, 0.15) is 44.0 Å². The van der Waals surface area contributed by atoms with Gasteiger partial charge in [-0.05, 0) is 25.8 Å². The van der Waals surface area contributed by atoms with Gasteiger partial charge in [0.15, 0.2) is 0 Å². The first kappa shape index (κ1) is 34.5. The van der Waals surface area contributed by atoms with Crippen LogP contribution >= 0.6 is 0 Å². The summed E-state index contributed by atoms with van der Waals surface area (Å²) in [6.07, 6.45) is 28.8. The predicted octanol–water partition coefficient (Wildman–Crippen LogP) is 2.47. The van der Waals surface area contributed by atoms with Gasteiger partial charge in [0, 0.05) is 19.6 Å². The first-order chi connectivity index (χ1) is 19.8. The first-order valence-electron chi connectivity index (χ1n) is 13.1. The Balaban J connectivity index is 0.000000716. The van der Waals surface area contributed by atoms with Gasteiger partial charge in [-0.2, -0.15) is 0 Å². The van der Waals surface area contributed by atoms with Gasteiger partial charge in [-0.25, -0.2) is 4.68 Å². The summed E-state index contributed by atoms with van der Waals surface area (Å²) in [6, 6.07) is 9.64. The molecule has 0 saturated carbocycles. The Morgan fingerprint density at radius 2 is 1.49 bits per heavy atom. The molecule has 0 bridgehead atoms. The zero-order valence-corrected chi connectivity index (χ0v) is 24.0.